The molecule has 7 nitrogen and oxygen atoms in total. The predicted octanol–water partition coefficient (Wildman–Crippen LogP) is 4.86. The lowest BCUT2D eigenvalue weighted by atomic mass is 10.1. The van der Waals surface area contributed by atoms with Crippen LogP contribution in [0.1, 0.15) is 31.2 Å². The topological polar surface area (TPSA) is 87.1 Å². The summed E-state index contributed by atoms with van der Waals surface area (Å²) in [5.74, 6) is 2.27. The van der Waals surface area contributed by atoms with Crippen LogP contribution >= 0.6 is 0 Å². The van der Waals surface area contributed by atoms with Gasteiger partial charge in [-0.15, -0.1) is 10.2 Å². The largest absolute Gasteiger partial charge is 0.493 e. The lowest BCUT2D eigenvalue weighted by Gasteiger charge is -2.08. The number of aryl methyl sites for hydroxylation is 1. The molecule has 8 heteroatoms. The van der Waals surface area contributed by atoms with Gasteiger partial charge in [0.15, 0.2) is 0 Å². The maximum absolute atomic E-state index is 13.8. The zero-order valence-electron chi connectivity index (χ0n) is 16.9. The maximum Gasteiger partial charge on any atom is 0.247 e. The number of ether oxygens (including phenoxy) is 1. The van der Waals surface area contributed by atoms with Crippen molar-refractivity contribution in [2.75, 3.05) is 6.61 Å². The third-order valence-electron chi connectivity index (χ3n) is 4.35. The van der Waals surface area contributed by atoms with Crippen LogP contribution in [0.5, 0.6) is 5.75 Å². The molecule has 0 saturated heterocycles. The fraction of sp³-hybridized carbons (Fsp3) is 0.273. The molecule has 0 fully saturated rings. The van der Waals surface area contributed by atoms with Crippen molar-refractivity contribution >= 4 is 0 Å². The molecule has 0 amide bonds. The molecule has 0 aliphatic heterocycles. The highest BCUT2D eigenvalue weighted by atomic mass is 19.1. The van der Waals surface area contributed by atoms with Crippen LogP contribution in [-0.2, 0) is 6.42 Å². The summed E-state index contributed by atoms with van der Waals surface area (Å²) in [7, 11) is 0. The average Bonchev–Trinajstić information content (AvgIpc) is 3.39. The summed E-state index contributed by atoms with van der Waals surface area (Å²) in [6.45, 7) is 6.55. The van der Waals surface area contributed by atoms with Crippen LogP contribution < -0.4 is 4.74 Å². The van der Waals surface area contributed by atoms with E-state index in [4.69, 9.17) is 13.7 Å². The van der Waals surface area contributed by atoms with E-state index >= 15 is 0 Å². The third kappa shape index (κ3) is 4.53. The summed E-state index contributed by atoms with van der Waals surface area (Å²) in [5.41, 5.74) is 1.88. The quantitative estimate of drug-likeness (QED) is 0.431. The Morgan fingerprint density at radius 1 is 1.00 bits per heavy atom. The molecule has 4 rings (SSSR count). The first-order valence-electron chi connectivity index (χ1n) is 9.62. The maximum atomic E-state index is 13.8. The zero-order valence-corrected chi connectivity index (χ0v) is 16.9. The second-order valence-corrected chi connectivity index (χ2v) is 7.38. The highest BCUT2D eigenvalue weighted by molar-refractivity contribution is 5.55. The Balaban J connectivity index is 1.43. The second kappa shape index (κ2) is 8.44. The van der Waals surface area contributed by atoms with Crippen molar-refractivity contribution in [3.8, 4) is 28.6 Å². The highest BCUT2D eigenvalue weighted by Gasteiger charge is 2.15. The molecule has 4 aromatic rings. The summed E-state index contributed by atoms with van der Waals surface area (Å²) in [6.07, 6.45) is 0.184. The van der Waals surface area contributed by atoms with Crippen LogP contribution in [-0.4, -0.2) is 26.9 Å². The van der Waals surface area contributed by atoms with E-state index in [1.165, 1.54) is 6.07 Å². The monoisotopic (exact) mass is 408 g/mol. The smallest absolute Gasteiger partial charge is 0.247 e. The molecular weight excluding hydrogens is 387 g/mol. The van der Waals surface area contributed by atoms with Crippen molar-refractivity contribution in [1.82, 2.24) is 20.3 Å². The van der Waals surface area contributed by atoms with Gasteiger partial charge in [-0.25, -0.2) is 4.39 Å². The second-order valence-electron chi connectivity index (χ2n) is 7.38. The van der Waals surface area contributed by atoms with Crippen molar-refractivity contribution in [3.05, 3.63) is 65.6 Å². The Labute approximate surface area is 172 Å². The number of aromatic nitrogens is 4. The van der Waals surface area contributed by atoms with Crippen LogP contribution in [0.25, 0.3) is 22.8 Å². The van der Waals surface area contributed by atoms with E-state index in [-0.39, 0.29) is 18.1 Å². The van der Waals surface area contributed by atoms with E-state index in [0.717, 1.165) is 11.3 Å². The van der Waals surface area contributed by atoms with Gasteiger partial charge in [0.25, 0.3) is 0 Å². The fourth-order valence-electron chi connectivity index (χ4n) is 2.70. The molecule has 0 unspecified atom stereocenters. The lowest BCUT2D eigenvalue weighted by Crippen LogP contribution is -2.04. The van der Waals surface area contributed by atoms with Crippen molar-refractivity contribution < 1.29 is 18.1 Å². The van der Waals surface area contributed by atoms with Crippen LogP contribution in [0, 0.1) is 18.7 Å². The molecule has 0 radical (unpaired) electrons. The van der Waals surface area contributed by atoms with Gasteiger partial charge in [-0.3, -0.25) is 0 Å². The first kappa shape index (κ1) is 19.8. The van der Waals surface area contributed by atoms with Gasteiger partial charge in [0, 0.05) is 11.1 Å². The molecule has 0 aliphatic rings. The summed E-state index contributed by atoms with van der Waals surface area (Å²) in [5, 5.41) is 12.0. The van der Waals surface area contributed by atoms with Crippen molar-refractivity contribution in [2.45, 2.75) is 27.2 Å². The molecule has 2 heterocycles. The summed E-state index contributed by atoms with van der Waals surface area (Å²) in [4.78, 5) is 4.38. The van der Waals surface area contributed by atoms with Crippen molar-refractivity contribution in [1.29, 1.82) is 0 Å². The minimum Gasteiger partial charge on any atom is -0.493 e. The van der Waals surface area contributed by atoms with Gasteiger partial charge in [0.1, 0.15) is 18.0 Å². The van der Waals surface area contributed by atoms with E-state index < -0.39 is 0 Å². The number of hydrogen-bond acceptors (Lipinski definition) is 7. The van der Waals surface area contributed by atoms with E-state index in [2.05, 4.69) is 34.2 Å². The Hall–Kier alpha value is -3.55. The standard InChI is InChI=1S/C22H21FN4O3/c1-13(2)12-28-17-8-6-15(7-9-17)21-24-19(30-27-21)11-20-25-26-22(29-20)16-5-4-14(3)18(23)10-16/h4-10,13H,11-12H2,1-3H3. The third-order valence-corrected chi connectivity index (χ3v) is 4.35. The van der Waals surface area contributed by atoms with E-state index in [1.807, 2.05) is 24.3 Å². The normalized spacial score (nSPS) is 11.2. The fourth-order valence-corrected chi connectivity index (χ4v) is 2.70. The molecule has 0 spiro atoms. The van der Waals surface area contributed by atoms with E-state index in [1.54, 1.807) is 19.1 Å². The number of rotatable bonds is 7. The number of halogens is 1. The molecule has 2 aromatic carbocycles. The highest BCUT2D eigenvalue weighted by Crippen LogP contribution is 2.23. The van der Waals surface area contributed by atoms with Gasteiger partial charge in [-0.1, -0.05) is 25.1 Å². The molecule has 154 valence electrons. The van der Waals surface area contributed by atoms with Gasteiger partial charge >= 0.3 is 0 Å². The minimum atomic E-state index is -0.325. The van der Waals surface area contributed by atoms with Crippen LogP contribution in [0.2, 0.25) is 0 Å². The Morgan fingerprint density at radius 2 is 1.77 bits per heavy atom. The molecule has 30 heavy (non-hydrogen) atoms. The molecule has 0 atom stereocenters. The lowest BCUT2D eigenvalue weighted by molar-refractivity contribution is 0.271. The van der Waals surface area contributed by atoms with Gasteiger partial charge in [-0.05, 0) is 54.8 Å². The molecule has 0 N–H and O–H groups in total. The van der Waals surface area contributed by atoms with E-state index in [9.17, 15) is 4.39 Å². The molecule has 0 saturated carbocycles. The Kier molecular flexibility index (Phi) is 5.56. The average molecular weight is 408 g/mol. The molecule has 2 aromatic heterocycles. The van der Waals surface area contributed by atoms with E-state index in [0.29, 0.717) is 41.3 Å². The zero-order chi connectivity index (χ0) is 21.1. The number of hydrogen-bond donors (Lipinski definition) is 0. The summed E-state index contributed by atoms with van der Waals surface area (Å²) >= 11 is 0. The first-order valence-corrected chi connectivity index (χ1v) is 9.62. The van der Waals surface area contributed by atoms with Crippen molar-refractivity contribution in [3.63, 3.8) is 0 Å². The summed E-state index contributed by atoms with van der Waals surface area (Å²) < 4.78 is 30.3. The van der Waals surface area contributed by atoms with Gasteiger partial charge < -0.3 is 13.7 Å². The van der Waals surface area contributed by atoms with Gasteiger partial charge in [0.05, 0.1) is 6.61 Å². The van der Waals surface area contributed by atoms with Crippen molar-refractivity contribution in [2.24, 2.45) is 5.92 Å². The number of benzene rings is 2. The summed E-state index contributed by atoms with van der Waals surface area (Å²) in [6, 6.07) is 12.3. The van der Waals surface area contributed by atoms with Crippen LogP contribution in [0.4, 0.5) is 4.39 Å². The molecular formula is C22H21FN4O3. The molecule has 0 bridgehead atoms. The predicted molar refractivity (Wildman–Crippen MR) is 107 cm³/mol. The Bertz CT molecular complexity index is 1140. The van der Waals surface area contributed by atoms with Crippen LogP contribution in [0.3, 0.4) is 0 Å². The van der Waals surface area contributed by atoms with Crippen LogP contribution in [0.15, 0.2) is 51.4 Å². The van der Waals surface area contributed by atoms with Gasteiger partial charge in [-0.2, -0.15) is 4.98 Å². The number of nitrogens with zero attached hydrogens (tertiary/aromatic N) is 4. The van der Waals surface area contributed by atoms with Gasteiger partial charge in [0.2, 0.25) is 23.5 Å². The molecule has 0 aliphatic carbocycles. The minimum absolute atomic E-state index is 0.184. The SMILES string of the molecule is Cc1ccc(-c2nnc(Cc3nc(-c4ccc(OCC(C)C)cc4)no3)o2)cc1F. The Morgan fingerprint density at radius 3 is 2.50 bits per heavy atom. The first-order chi connectivity index (χ1) is 14.5.